The van der Waals surface area contributed by atoms with Gasteiger partial charge in [0.15, 0.2) is 5.13 Å². The van der Waals surface area contributed by atoms with Crippen LogP contribution in [0.2, 0.25) is 0 Å². The molecule has 0 radical (unpaired) electrons. The molecule has 4 nitrogen and oxygen atoms in total. The van der Waals surface area contributed by atoms with Crippen molar-refractivity contribution in [2.24, 2.45) is 0 Å². The number of aromatic nitrogens is 1. The van der Waals surface area contributed by atoms with Crippen LogP contribution in [-0.2, 0) is 6.42 Å². The molecule has 2 rings (SSSR count). The lowest BCUT2D eigenvalue weighted by Gasteiger charge is -2.37. The molecule has 1 saturated heterocycles. The van der Waals surface area contributed by atoms with Crippen molar-refractivity contribution < 1.29 is 0 Å². The molecule has 0 aromatic carbocycles. The Morgan fingerprint density at radius 2 is 2.11 bits per heavy atom. The van der Waals surface area contributed by atoms with E-state index in [1.807, 2.05) is 0 Å². The lowest BCUT2D eigenvalue weighted by molar-refractivity contribution is 0.101. The lowest BCUT2D eigenvalue weighted by Crippen LogP contribution is -2.49. The number of rotatable bonds is 5. The van der Waals surface area contributed by atoms with E-state index in [1.165, 1.54) is 43.9 Å². The Labute approximate surface area is 114 Å². The largest absolute Gasteiger partial charge is 0.375 e. The minimum Gasteiger partial charge on any atom is -0.375 e. The van der Waals surface area contributed by atoms with E-state index in [0.717, 1.165) is 24.7 Å². The maximum Gasteiger partial charge on any atom is 0.180 e. The topological polar surface area (TPSA) is 45.4 Å². The van der Waals surface area contributed by atoms with Crippen molar-refractivity contribution in [2.75, 3.05) is 38.5 Å². The van der Waals surface area contributed by atoms with Gasteiger partial charge in [-0.1, -0.05) is 6.92 Å². The van der Waals surface area contributed by atoms with Crippen LogP contribution >= 0.6 is 11.3 Å². The average Bonchev–Trinajstić information content (AvgIpc) is 2.82. The Hall–Kier alpha value is -0.650. The molecule has 0 bridgehead atoms. The number of nitrogens with two attached hydrogens (primary N) is 1. The fourth-order valence-electron chi connectivity index (χ4n) is 2.40. The number of piperazine rings is 1. The van der Waals surface area contributed by atoms with E-state index in [0.29, 0.717) is 5.13 Å². The predicted octanol–water partition coefficient (Wildman–Crippen LogP) is 1.68. The van der Waals surface area contributed by atoms with Crippen LogP contribution < -0.4 is 5.73 Å². The molecule has 0 spiro atoms. The Morgan fingerprint density at radius 3 is 2.67 bits per heavy atom. The number of hydrogen-bond donors (Lipinski definition) is 1. The Balaban J connectivity index is 1.70. The van der Waals surface area contributed by atoms with E-state index in [2.05, 4.69) is 34.0 Å². The molecular weight excluding hydrogens is 244 g/mol. The molecule has 1 aliphatic rings. The van der Waals surface area contributed by atoms with Crippen molar-refractivity contribution in [1.29, 1.82) is 0 Å². The summed E-state index contributed by atoms with van der Waals surface area (Å²) in [6, 6.07) is 0.727. The molecule has 18 heavy (non-hydrogen) atoms. The van der Waals surface area contributed by atoms with Gasteiger partial charge < -0.3 is 10.6 Å². The number of thiazole rings is 1. The fraction of sp³-hybridized carbons (Fsp3) is 0.769. The molecule has 0 saturated carbocycles. The molecule has 0 aliphatic carbocycles. The zero-order valence-electron chi connectivity index (χ0n) is 11.4. The molecule has 1 aromatic rings. The number of nitrogen functional groups attached to an aromatic ring is 1. The molecular formula is C13H24N4S. The van der Waals surface area contributed by atoms with Crippen molar-refractivity contribution in [3.8, 4) is 0 Å². The highest BCUT2D eigenvalue weighted by atomic mass is 32.1. The first-order chi connectivity index (χ1) is 8.69. The molecule has 1 atom stereocenters. The van der Waals surface area contributed by atoms with E-state index in [1.54, 1.807) is 0 Å². The zero-order valence-corrected chi connectivity index (χ0v) is 12.2. The quantitative estimate of drug-likeness (QED) is 0.882. The van der Waals surface area contributed by atoms with E-state index < -0.39 is 0 Å². The summed E-state index contributed by atoms with van der Waals surface area (Å²) in [4.78, 5) is 9.44. The van der Waals surface area contributed by atoms with Crippen LogP contribution in [0.1, 0.15) is 26.0 Å². The van der Waals surface area contributed by atoms with Gasteiger partial charge in [-0.3, -0.25) is 4.90 Å². The van der Waals surface area contributed by atoms with Gasteiger partial charge in [0, 0.05) is 50.6 Å². The Bertz CT molecular complexity index is 358. The molecule has 1 unspecified atom stereocenters. The van der Waals surface area contributed by atoms with Crippen molar-refractivity contribution in [3.63, 3.8) is 0 Å². The third kappa shape index (κ3) is 3.67. The van der Waals surface area contributed by atoms with Crippen LogP contribution in [0.4, 0.5) is 5.13 Å². The fourth-order valence-corrected chi connectivity index (χ4v) is 2.99. The van der Waals surface area contributed by atoms with Gasteiger partial charge in [0.05, 0.1) is 5.69 Å². The summed E-state index contributed by atoms with van der Waals surface area (Å²) in [5.74, 6) is 0. The van der Waals surface area contributed by atoms with Gasteiger partial charge in [-0.05, 0) is 13.3 Å². The standard InChI is InChI=1S/C13H24N4S/c1-3-11(2)17-8-6-16(7-9-17)5-4-12-10-18-13(14)15-12/h10-11H,3-9H2,1-2H3,(H2,14,15). The summed E-state index contributed by atoms with van der Waals surface area (Å²) in [5.41, 5.74) is 6.78. The number of hydrogen-bond acceptors (Lipinski definition) is 5. The molecule has 1 aromatic heterocycles. The highest BCUT2D eigenvalue weighted by Gasteiger charge is 2.19. The summed E-state index contributed by atoms with van der Waals surface area (Å²) in [5, 5.41) is 2.76. The van der Waals surface area contributed by atoms with Crippen LogP contribution in [-0.4, -0.2) is 53.5 Å². The molecule has 2 N–H and O–H groups in total. The second-order valence-corrected chi connectivity index (χ2v) is 5.95. The molecule has 102 valence electrons. The van der Waals surface area contributed by atoms with Gasteiger partial charge in [-0.25, -0.2) is 4.98 Å². The van der Waals surface area contributed by atoms with Crippen LogP contribution in [0.25, 0.3) is 0 Å². The average molecular weight is 268 g/mol. The van der Waals surface area contributed by atoms with E-state index in [4.69, 9.17) is 5.73 Å². The first kappa shape index (κ1) is 13.8. The van der Waals surface area contributed by atoms with Gasteiger partial charge in [-0.2, -0.15) is 0 Å². The second-order valence-electron chi connectivity index (χ2n) is 5.06. The number of nitrogens with zero attached hydrogens (tertiary/aromatic N) is 3. The highest BCUT2D eigenvalue weighted by molar-refractivity contribution is 7.13. The van der Waals surface area contributed by atoms with Crippen molar-refractivity contribution in [2.45, 2.75) is 32.7 Å². The van der Waals surface area contributed by atoms with E-state index >= 15 is 0 Å². The van der Waals surface area contributed by atoms with Gasteiger partial charge in [0.25, 0.3) is 0 Å². The lowest BCUT2D eigenvalue weighted by atomic mass is 10.2. The van der Waals surface area contributed by atoms with Gasteiger partial charge in [-0.15, -0.1) is 11.3 Å². The minimum absolute atomic E-state index is 0.687. The Morgan fingerprint density at radius 1 is 1.39 bits per heavy atom. The second kappa shape index (κ2) is 6.50. The third-order valence-corrected chi connectivity index (χ3v) is 4.60. The van der Waals surface area contributed by atoms with Crippen LogP contribution in [0.15, 0.2) is 5.38 Å². The van der Waals surface area contributed by atoms with Gasteiger partial charge in [0.2, 0.25) is 0 Å². The maximum atomic E-state index is 5.64. The summed E-state index contributed by atoms with van der Waals surface area (Å²) in [6.45, 7) is 10.5. The normalized spacial score (nSPS) is 20.1. The van der Waals surface area contributed by atoms with Crippen LogP contribution in [0.3, 0.4) is 0 Å². The molecule has 1 aliphatic heterocycles. The predicted molar refractivity (Wildman–Crippen MR) is 78.0 cm³/mol. The Kier molecular flexibility index (Phi) is 4.97. The summed E-state index contributed by atoms with van der Waals surface area (Å²) >= 11 is 1.54. The molecule has 5 heteroatoms. The van der Waals surface area contributed by atoms with E-state index in [-0.39, 0.29) is 0 Å². The highest BCUT2D eigenvalue weighted by Crippen LogP contribution is 2.13. The van der Waals surface area contributed by atoms with Gasteiger partial charge in [0.1, 0.15) is 0 Å². The summed E-state index contributed by atoms with van der Waals surface area (Å²) in [7, 11) is 0. The summed E-state index contributed by atoms with van der Waals surface area (Å²) in [6.07, 6.45) is 2.27. The third-order valence-electron chi connectivity index (χ3n) is 3.87. The first-order valence-electron chi connectivity index (χ1n) is 6.85. The maximum absolute atomic E-state index is 5.64. The SMILES string of the molecule is CCC(C)N1CCN(CCc2csc(N)n2)CC1. The molecule has 0 amide bonds. The molecule has 2 heterocycles. The van der Waals surface area contributed by atoms with Crippen molar-refractivity contribution in [1.82, 2.24) is 14.8 Å². The number of anilines is 1. The smallest absolute Gasteiger partial charge is 0.180 e. The monoisotopic (exact) mass is 268 g/mol. The van der Waals surface area contributed by atoms with E-state index in [9.17, 15) is 0 Å². The van der Waals surface area contributed by atoms with Gasteiger partial charge >= 0.3 is 0 Å². The minimum atomic E-state index is 0.687. The van der Waals surface area contributed by atoms with Crippen molar-refractivity contribution >= 4 is 16.5 Å². The van der Waals surface area contributed by atoms with Crippen LogP contribution in [0.5, 0.6) is 0 Å². The molecule has 1 fully saturated rings. The summed E-state index contributed by atoms with van der Waals surface area (Å²) < 4.78 is 0. The zero-order chi connectivity index (χ0) is 13.0. The first-order valence-corrected chi connectivity index (χ1v) is 7.73. The van der Waals surface area contributed by atoms with Crippen LogP contribution in [0, 0.1) is 0 Å². The van der Waals surface area contributed by atoms with Crippen molar-refractivity contribution in [3.05, 3.63) is 11.1 Å².